The van der Waals surface area contributed by atoms with Gasteiger partial charge in [-0.15, -0.1) is 13.2 Å². The topological polar surface area (TPSA) is 26.3 Å². The van der Waals surface area contributed by atoms with Gasteiger partial charge in [0.15, 0.2) is 0 Å². The van der Waals surface area contributed by atoms with E-state index >= 15 is 0 Å². The van der Waals surface area contributed by atoms with E-state index in [1.54, 1.807) is 6.07 Å². The van der Waals surface area contributed by atoms with Gasteiger partial charge in [0.25, 0.3) is 0 Å². The van der Waals surface area contributed by atoms with Gasteiger partial charge in [-0.25, -0.2) is 0 Å². The third-order valence-electron chi connectivity index (χ3n) is 7.25. The van der Waals surface area contributed by atoms with Crippen molar-refractivity contribution in [3.63, 3.8) is 0 Å². The number of fused-ring (bicyclic) bond motifs is 5. The van der Waals surface area contributed by atoms with Gasteiger partial charge in [0.1, 0.15) is 11.9 Å². The highest BCUT2D eigenvalue weighted by Crippen LogP contribution is 2.59. The van der Waals surface area contributed by atoms with Gasteiger partial charge in [-0.05, 0) is 66.5 Å². The van der Waals surface area contributed by atoms with Gasteiger partial charge in [0.05, 0.1) is 0 Å². The number of Topliss-reactive ketones (excluding diaryl/α,β-unsaturated/α-hetero) is 1. The van der Waals surface area contributed by atoms with E-state index in [1.165, 1.54) is 5.56 Å². The maximum atomic E-state index is 12.7. The van der Waals surface area contributed by atoms with Crippen LogP contribution in [0, 0.1) is 17.3 Å². The van der Waals surface area contributed by atoms with Crippen molar-refractivity contribution in [1.29, 1.82) is 0 Å². The number of hydrogen-bond acceptors (Lipinski definition) is 2. The summed E-state index contributed by atoms with van der Waals surface area (Å²) in [7, 11) is 0. The van der Waals surface area contributed by atoms with E-state index in [2.05, 4.69) is 27.6 Å². The van der Waals surface area contributed by atoms with Crippen molar-refractivity contribution < 1.29 is 22.7 Å². The molecule has 0 saturated heterocycles. The summed E-state index contributed by atoms with van der Waals surface area (Å²) in [6.07, 6.45) is -0.165. The van der Waals surface area contributed by atoms with Gasteiger partial charge < -0.3 is 0 Å². The largest absolute Gasteiger partial charge is 0.523 e. The molecule has 1 aromatic carbocycles. The van der Waals surface area contributed by atoms with E-state index < -0.39 is 12.5 Å². The monoisotopic (exact) mass is 444 g/mol. The summed E-state index contributed by atoms with van der Waals surface area (Å²) in [4.78, 5) is 12.4. The zero-order chi connectivity index (χ0) is 19.4. The van der Waals surface area contributed by atoms with Crippen LogP contribution in [0.4, 0.5) is 13.2 Å². The Balaban J connectivity index is 1.60. The quantitative estimate of drug-likeness (QED) is 0.527. The molecule has 0 N–H and O–H groups in total. The van der Waals surface area contributed by atoms with Gasteiger partial charge in [0.2, 0.25) is 0 Å². The summed E-state index contributed by atoms with van der Waals surface area (Å²) in [6, 6.07) is 5.69. The number of benzene rings is 1. The average Bonchev–Trinajstić information content (AvgIpc) is 2.93. The number of carbonyl (C=O) groups excluding carboxylic acids is 1. The van der Waals surface area contributed by atoms with Crippen molar-refractivity contribution in [2.24, 2.45) is 17.3 Å². The fourth-order valence-electron chi connectivity index (χ4n) is 5.92. The fraction of sp³-hybridized carbons (Fsp3) is 0.667. The van der Waals surface area contributed by atoms with E-state index in [4.69, 9.17) is 0 Å². The van der Waals surface area contributed by atoms with Crippen LogP contribution in [0.25, 0.3) is 0 Å². The molecule has 3 aliphatic rings. The highest BCUT2D eigenvalue weighted by atomic mass is 79.9. The van der Waals surface area contributed by atoms with Crippen molar-refractivity contribution in [3.05, 3.63) is 34.9 Å². The van der Waals surface area contributed by atoms with E-state index in [1.807, 2.05) is 12.1 Å². The molecule has 6 heteroatoms. The zero-order valence-electron chi connectivity index (χ0n) is 15.3. The summed E-state index contributed by atoms with van der Waals surface area (Å²) >= 11 is 3.14. The number of ketones is 1. The van der Waals surface area contributed by atoms with Gasteiger partial charge >= 0.3 is 6.36 Å². The van der Waals surface area contributed by atoms with E-state index in [0.29, 0.717) is 35.5 Å². The van der Waals surface area contributed by atoms with E-state index in [-0.39, 0.29) is 10.7 Å². The molecular weight excluding hydrogens is 421 g/mol. The van der Waals surface area contributed by atoms with Crippen LogP contribution in [-0.2, 0) is 16.0 Å². The zero-order valence-corrected chi connectivity index (χ0v) is 16.9. The number of halogens is 4. The first-order chi connectivity index (χ1) is 12.7. The van der Waals surface area contributed by atoms with E-state index in [9.17, 15) is 18.0 Å². The summed E-state index contributed by atoms with van der Waals surface area (Å²) in [5, 5.41) is 0.0971. The first-order valence-electron chi connectivity index (χ1n) is 9.69. The second kappa shape index (κ2) is 6.87. The molecule has 27 heavy (non-hydrogen) atoms. The molecule has 148 valence electrons. The molecule has 0 radical (unpaired) electrons. The Hall–Kier alpha value is -0.880. The number of ether oxygens (including phenoxy) is 1. The first-order valence-corrected chi connectivity index (χ1v) is 10.8. The summed E-state index contributed by atoms with van der Waals surface area (Å²) in [5.74, 6) is 1.83. The lowest BCUT2D eigenvalue weighted by Gasteiger charge is -2.48. The Labute approximate surface area is 166 Å². The summed E-state index contributed by atoms with van der Waals surface area (Å²) < 4.78 is 42.2. The Kier molecular flexibility index (Phi) is 4.95. The highest BCUT2D eigenvalue weighted by Gasteiger charge is 2.54. The van der Waals surface area contributed by atoms with Crippen LogP contribution in [0.15, 0.2) is 18.2 Å². The maximum absolute atomic E-state index is 12.7. The molecule has 2 fully saturated rings. The van der Waals surface area contributed by atoms with Crippen LogP contribution >= 0.6 is 15.9 Å². The normalized spacial score (nSPS) is 34.0. The number of carbonyl (C=O) groups is 1. The maximum Gasteiger partial charge on any atom is 0.523 e. The van der Waals surface area contributed by atoms with E-state index in [0.717, 1.165) is 37.7 Å². The summed E-state index contributed by atoms with van der Waals surface area (Å²) in [5.41, 5.74) is 2.84. The van der Waals surface area contributed by atoms with Crippen LogP contribution in [0.2, 0.25) is 0 Å². The number of rotatable bonds is 3. The number of alkyl halides is 4. The molecule has 0 aliphatic heterocycles. The Morgan fingerprint density at radius 3 is 2.74 bits per heavy atom. The summed E-state index contributed by atoms with van der Waals surface area (Å²) in [6.45, 7) is 2.15. The van der Waals surface area contributed by atoms with Gasteiger partial charge in [-0.3, -0.25) is 9.53 Å². The lowest BCUT2D eigenvalue weighted by molar-refractivity contribution is -0.341. The molecule has 0 spiro atoms. The lowest BCUT2D eigenvalue weighted by Crippen LogP contribution is -2.42. The van der Waals surface area contributed by atoms with Crippen molar-refractivity contribution in [1.82, 2.24) is 0 Å². The average molecular weight is 445 g/mol. The molecule has 3 aliphatic carbocycles. The van der Waals surface area contributed by atoms with Gasteiger partial charge in [-0.1, -0.05) is 41.1 Å². The second-order valence-corrected chi connectivity index (χ2v) is 9.15. The second-order valence-electron chi connectivity index (χ2n) is 8.50. The van der Waals surface area contributed by atoms with Crippen LogP contribution in [0.1, 0.15) is 67.7 Å². The SMILES string of the molecule is C[C@]12CC[C@@H]3c4ccc(C(CBr)OC(F)(F)F)cc4CC[C@H]3[C@@H]1CCC2=O. The van der Waals surface area contributed by atoms with Crippen LogP contribution < -0.4 is 0 Å². The highest BCUT2D eigenvalue weighted by molar-refractivity contribution is 9.09. The molecule has 2 saturated carbocycles. The molecule has 4 rings (SSSR count). The van der Waals surface area contributed by atoms with Gasteiger partial charge in [-0.2, -0.15) is 0 Å². The molecule has 0 amide bonds. The molecule has 1 unspecified atom stereocenters. The third-order valence-corrected chi connectivity index (χ3v) is 7.84. The first kappa shape index (κ1) is 19.4. The van der Waals surface area contributed by atoms with Crippen molar-refractivity contribution in [2.75, 3.05) is 5.33 Å². The fourth-order valence-corrected chi connectivity index (χ4v) is 6.43. The molecule has 5 atom stereocenters. The Bertz CT molecular complexity index is 747. The van der Waals surface area contributed by atoms with Crippen LogP contribution in [-0.4, -0.2) is 17.5 Å². The standard InChI is InChI=1S/C21H24BrF3O2/c1-20-9-8-15-14-4-3-13(18(11-22)27-21(23,24)25)10-12(14)2-5-16(15)17(20)6-7-19(20)26/h3-4,10,15-18H,2,5-9,11H2,1H3/t15-,16-,17+,18?,20+/m1/s1. The van der Waals surface area contributed by atoms with Crippen LogP contribution in [0.5, 0.6) is 0 Å². The minimum atomic E-state index is -4.65. The van der Waals surface area contributed by atoms with Crippen molar-refractivity contribution >= 4 is 21.7 Å². The predicted molar refractivity (Wildman–Crippen MR) is 99.7 cm³/mol. The van der Waals surface area contributed by atoms with Crippen LogP contribution in [0.3, 0.4) is 0 Å². The Morgan fingerprint density at radius 1 is 1.26 bits per heavy atom. The molecule has 1 aromatic rings. The van der Waals surface area contributed by atoms with Crippen molar-refractivity contribution in [3.8, 4) is 0 Å². The Morgan fingerprint density at radius 2 is 2.04 bits per heavy atom. The molecule has 0 aromatic heterocycles. The molecule has 2 nitrogen and oxygen atoms in total. The number of aryl methyl sites for hydroxylation is 1. The van der Waals surface area contributed by atoms with Crippen molar-refractivity contribution in [2.45, 2.75) is 63.8 Å². The minimum Gasteiger partial charge on any atom is -0.299 e. The minimum absolute atomic E-state index is 0.0971. The number of hydrogen-bond donors (Lipinski definition) is 0. The molecular formula is C21H24BrF3O2. The van der Waals surface area contributed by atoms with Gasteiger partial charge in [0, 0.05) is 17.2 Å². The lowest BCUT2D eigenvalue weighted by atomic mass is 9.55. The molecule has 0 bridgehead atoms. The molecule has 0 heterocycles. The smallest absolute Gasteiger partial charge is 0.299 e. The predicted octanol–water partition coefficient (Wildman–Crippen LogP) is 6.08. The third kappa shape index (κ3) is 3.37.